The second kappa shape index (κ2) is 13.4. The Morgan fingerprint density at radius 1 is 1.00 bits per heavy atom. The molecule has 7 nitrogen and oxygen atoms in total. The zero-order chi connectivity index (χ0) is 30.4. The topological polar surface area (TPSA) is 82.6 Å². The molecule has 0 saturated carbocycles. The van der Waals surface area contributed by atoms with Gasteiger partial charge in [0.2, 0.25) is 5.91 Å². The van der Waals surface area contributed by atoms with E-state index in [4.69, 9.17) is 25.8 Å². The molecule has 0 saturated heterocycles. The van der Waals surface area contributed by atoms with Gasteiger partial charge in [0.1, 0.15) is 5.75 Å². The fourth-order valence-electron chi connectivity index (χ4n) is 3.99. The number of hydrogen-bond acceptors (Lipinski definition) is 7. The van der Waals surface area contributed by atoms with Gasteiger partial charge < -0.3 is 19.5 Å². The standard InChI is InChI=1S/C29H26ClF4N3O4S/c1-4-5-16(29(32,33)34)6-7-17(30)8-9-27(38)37-28-36-21-13-19(31)23(15-26(21)42-28)41-22-10-11-35-20-14-25(40-3)24(39-2)12-18(20)22/h6-7,10-15H,4-5,8-9H2,1-3H3,(H,36,37,38)/b16-6+,17-7+. The molecular formula is C29H26ClF4N3O4S. The van der Waals surface area contributed by atoms with Crippen LogP contribution in [-0.2, 0) is 4.79 Å². The second-order valence-electron chi connectivity index (χ2n) is 9.01. The van der Waals surface area contributed by atoms with Crippen LogP contribution in [0, 0.1) is 5.82 Å². The number of hydrogen-bond donors (Lipinski definition) is 1. The van der Waals surface area contributed by atoms with Gasteiger partial charge in [0.25, 0.3) is 0 Å². The van der Waals surface area contributed by atoms with Crippen molar-refractivity contribution >= 4 is 55.1 Å². The van der Waals surface area contributed by atoms with E-state index in [1.165, 1.54) is 32.5 Å². The number of nitrogens with zero attached hydrogens (tertiary/aromatic N) is 2. The molecule has 1 amide bonds. The molecular weight excluding hydrogens is 598 g/mol. The van der Waals surface area contributed by atoms with E-state index in [-0.39, 0.29) is 35.2 Å². The highest BCUT2D eigenvalue weighted by Crippen LogP contribution is 2.39. The Morgan fingerprint density at radius 3 is 2.43 bits per heavy atom. The number of ether oxygens (including phenoxy) is 3. The number of benzene rings is 2. The number of methoxy groups -OCH3 is 2. The van der Waals surface area contributed by atoms with Gasteiger partial charge in [0.15, 0.2) is 28.2 Å². The third-order valence-corrected chi connectivity index (χ3v) is 7.30. The molecule has 13 heteroatoms. The number of alkyl halides is 3. The number of aromatic nitrogens is 2. The summed E-state index contributed by atoms with van der Waals surface area (Å²) in [5, 5.41) is 3.53. The molecule has 0 unspecified atom stereocenters. The van der Waals surface area contributed by atoms with Crippen molar-refractivity contribution in [2.75, 3.05) is 19.5 Å². The van der Waals surface area contributed by atoms with Crippen molar-refractivity contribution in [3.05, 3.63) is 65.1 Å². The van der Waals surface area contributed by atoms with Crippen LogP contribution in [0.1, 0.15) is 32.6 Å². The number of fused-ring (bicyclic) bond motifs is 2. The van der Waals surface area contributed by atoms with Gasteiger partial charge in [-0.25, -0.2) is 9.37 Å². The Morgan fingerprint density at radius 2 is 1.74 bits per heavy atom. The van der Waals surface area contributed by atoms with Crippen molar-refractivity contribution < 1.29 is 36.6 Å². The molecule has 42 heavy (non-hydrogen) atoms. The van der Waals surface area contributed by atoms with E-state index in [0.717, 1.165) is 23.5 Å². The van der Waals surface area contributed by atoms with Crippen LogP contribution in [0.5, 0.6) is 23.0 Å². The average Bonchev–Trinajstić information content (AvgIpc) is 3.33. The lowest BCUT2D eigenvalue weighted by Gasteiger charge is -2.12. The maximum absolute atomic E-state index is 15.0. The van der Waals surface area contributed by atoms with Crippen LogP contribution in [0.3, 0.4) is 0 Å². The minimum absolute atomic E-state index is 0.0369. The molecule has 0 fully saturated rings. The molecule has 0 aliphatic rings. The Balaban J connectivity index is 1.47. The molecule has 0 atom stereocenters. The zero-order valence-electron chi connectivity index (χ0n) is 22.8. The molecule has 0 aliphatic heterocycles. The lowest BCUT2D eigenvalue weighted by molar-refractivity contribution is -0.116. The van der Waals surface area contributed by atoms with Crippen molar-refractivity contribution in [3.63, 3.8) is 0 Å². The van der Waals surface area contributed by atoms with Crippen LogP contribution in [0.4, 0.5) is 22.7 Å². The van der Waals surface area contributed by atoms with E-state index in [1.807, 2.05) is 0 Å². The van der Waals surface area contributed by atoms with Gasteiger partial charge in [0.05, 0.1) is 30.0 Å². The molecule has 222 valence electrons. The first-order chi connectivity index (χ1) is 20.0. The number of pyridine rings is 1. The first kappa shape index (κ1) is 31.0. The van der Waals surface area contributed by atoms with Crippen molar-refractivity contribution in [1.29, 1.82) is 0 Å². The van der Waals surface area contributed by atoms with E-state index < -0.39 is 23.5 Å². The summed E-state index contributed by atoms with van der Waals surface area (Å²) in [6.07, 6.45) is -0.648. The van der Waals surface area contributed by atoms with Gasteiger partial charge in [-0.3, -0.25) is 9.78 Å². The third-order valence-electron chi connectivity index (χ3n) is 6.05. The molecule has 2 aromatic heterocycles. The molecule has 0 radical (unpaired) electrons. The van der Waals surface area contributed by atoms with Gasteiger partial charge in [-0.05, 0) is 31.1 Å². The largest absolute Gasteiger partial charge is 0.493 e. The second-order valence-corrected chi connectivity index (χ2v) is 10.5. The Kier molecular flexibility index (Phi) is 9.89. The summed E-state index contributed by atoms with van der Waals surface area (Å²) < 4.78 is 71.2. The molecule has 2 aromatic carbocycles. The van der Waals surface area contributed by atoms with Crippen molar-refractivity contribution in [3.8, 4) is 23.0 Å². The van der Waals surface area contributed by atoms with Crippen LogP contribution >= 0.6 is 22.9 Å². The number of anilines is 1. The van der Waals surface area contributed by atoms with Crippen molar-refractivity contribution in [1.82, 2.24) is 9.97 Å². The highest BCUT2D eigenvalue weighted by molar-refractivity contribution is 7.22. The number of allylic oxidation sites excluding steroid dienone is 4. The summed E-state index contributed by atoms with van der Waals surface area (Å²) in [7, 11) is 3.01. The summed E-state index contributed by atoms with van der Waals surface area (Å²) in [6, 6.07) is 7.64. The van der Waals surface area contributed by atoms with Gasteiger partial charge in [0, 0.05) is 46.8 Å². The maximum atomic E-state index is 15.0. The van der Waals surface area contributed by atoms with Crippen LogP contribution in [0.25, 0.3) is 21.1 Å². The number of rotatable bonds is 11. The van der Waals surface area contributed by atoms with Gasteiger partial charge in [-0.15, -0.1) is 0 Å². The lowest BCUT2D eigenvalue weighted by Crippen LogP contribution is -2.11. The van der Waals surface area contributed by atoms with Crippen LogP contribution in [0.15, 0.2) is 59.3 Å². The predicted molar refractivity (Wildman–Crippen MR) is 155 cm³/mol. The lowest BCUT2D eigenvalue weighted by atomic mass is 10.1. The van der Waals surface area contributed by atoms with Gasteiger partial charge in [-0.1, -0.05) is 42.4 Å². The van der Waals surface area contributed by atoms with Crippen LogP contribution < -0.4 is 19.5 Å². The molecule has 4 rings (SSSR count). The highest BCUT2D eigenvalue weighted by atomic mass is 35.5. The van der Waals surface area contributed by atoms with Gasteiger partial charge in [-0.2, -0.15) is 13.2 Å². The average molecular weight is 624 g/mol. The molecule has 0 bridgehead atoms. The Labute approximate surface area is 247 Å². The van der Waals surface area contributed by atoms with Crippen molar-refractivity contribution in [2.24, 2.45) is 0 Å². The monoisotopic (exact) mass is 623 g/mol. The fourth-order valence-corrected chi connectivity index (χ4v) is 5.04. The minimum atomic E-state index is -4.44. The van der Waals surface area contributed by atoms with E-state index in [9.17, 15) is 22.4 Å². The normalized spacial score (nSPS) is 12.6. The summed E-state index contributed by atoms with van der Waals surface area (Å²) in [5.41, 5.74) is 0.182. The number of carbonyl (C=O) groups is 1. The van der Waals surface area contributed by atoms with E-state index in [0.29, 0.717) is 44.8 Å². The van der Waals surface area contributed by atoms with E-state index in [2.05, 4.69) is 15.3 Å². The summed E-state index contributed by atoms with van der Waals surface area (Å²) in [5.74, 6) is 0.115. The highest BCUT2D eigenvalue weighted by Gasteiger charge is 2.32. The van der Waals surface area contributed by atoms with E-state index >= 15 is 0 Å². The predicted octanol–water partition coefficient (Wildman–Crippen LogP) is 8.92. The first-order valence-electron chi connectivity index (χ1n) is 12.7. The smallest absolute Gasteiger partial charge is 0.412 e. The number of nitrogens with one attached hydrogen (secondary N) is 1. The molecule has 4 aromatic rings. The van der Waals surface area contributed by atoms with Crippen LogP contribution in [0.2, 0.25) is 0 Å². The summed E-state index contributed by atoms with van der Waals surface area (Å²) in [4.78, 5) is 21.0. The minimum Gasteiger partial charge on any atom is -0.493 e. The summed E-state index contributed by atoms with van der Waals surface area (Å²) >= 11 is 7.15. The number of carbonyl (C=O) groups excluding carboxylic acids is 1. The SMILES string of the molecule is CCC/C(=C\C=C(\Cl)CCC(=O)Nc1nc2cc(F)c(Oc3ccnc4cc(OC)c(OC)cc34)cc2s1)C(F)(F)F. The van der Waals surface area contributed by atoms with Gasteiger partial charge >= 0.3 is 6.18 Å². The van der Waals surface area contributed by atoms with Crippen LogP contribution in [-0.4, -0.2) is 36.3 Å². The third kappa shape index (κ3) is 7.48. The molecule has 0 spiro atoms. The molecule has 1 N–H and O–H groups in total. The zero-order valence-corrected chi connectivity index (χ0v) is 24.3. The van der Waals surface area contributed by atoms with Crippen molar-refractivity contribution in [2.45, 2.75) is 38.8 Å². The number of amides is 1. The number of thiazole rings is 1. The number of halogens is 5. The fraction of sp³-hybridized carbons (Fsp3) is 0.276. The molecule has 2 heterocycles. The Bertz CT molecular complexity index is 1670. The summed E-state index contributed by atoms with van der Waals surface area (Å²) in [6.45, 7) is 1.65. The Hall–Kier alpha value is -3.90. The quantitative estimate of drug-likeness (QED) is 0.133. The van der Waals surface area contributed by atoms with E-state index in [1.54, 1.807) is 25.1 Å². The maximum Gasteiger partial charge on any atom is 0.412 e. The first-order valence-corrected chi connectivity index (χ1v) is 13.9. The molecule has 0 aliphatic carbocycles.